The van der Waals surface area contributed by atoms with Gasteiger partial charge >= 0.3 is 12.1 Å². The van der Waals surface area contributed by atoms with Crippen LogP contribution in [0.3, 0.4) is 0 Å². The van der Waals surface area contributed by atoms with Crippen LogP contribution in [0, 0.1) is 0 Å². The Morgan fingerprint density at radius 1 is 1.19 bits per heavy atom. The van der Waals surface area contributed by atoms with Crippen LogP contribution in [0.4, 0.5) is 18.9 Å². The molecule has 0 aliphatic carbocycles. The standard InChI is InChI=1S/C14H16F3NO3/c1-4-12(19)8-6-9(13(20)21-3)11(18-5-2)7-10(8)14(15,16)17/h6-7,18H,4-5H2,1-3H3. The zero-order valence-corrected chi connectivity index (χ0v) is 11.9. The van der Waals surface area contributed by atoms with E-state index in [-0.39, 0.29) is 17.7 Å². The highest BCUT2D eigenvalue weighted by Gasteiger charge is 2.36. The number of carbonyl (C=O) groups excluding carboxylic acids is 2. The topological polar surface area (TPSA) is 55.4 Å². The van der Waals surface area contributed by atoms with E-state index in [1.165, 1.54) is 6.92 Å². The van der Waals surface area contributed by atoms with E-state index in [2.05, 4.69) is 10.1 Å². The maximum atomic E-state index is 13.1. The van der Waals surface area contributed by atoms with Crippen molar-refractivity contribution in [3.8, 4) is 0 Å². The first kappa shape index (κ1) is 17.0. The second-order valence-electron chi connectivity index (χ2n) is 4.24. The van der Waals surface area contributed by atoms with Crippen LogP contribution >= 0.6 is 0 Å². The molecule has 0 aliphatic heterocycles. The van der Waals surface area contributed by atoms with Crippen LogP contribution in [0.5, 0.6) is 0 Å². The first-order chi connectivity index (χ1) is 9.76. The molecule has 21 heavy (non-hydrogen) atoms. The number of methoxy groups -OCH3 is 1. The van der Waals surface area contributed by atoms with Crippen molar-refractivity contribution >= 4 is 17.4 Å². The van der Waals surface area contributed by atoms with Gasteiger partial charge in [-0.15, -0.1) is 0 Å². The zero-order chi connectivity index (χ0) is 16.2. The van der Waals surface area contributed by atoms with Crippen molar-refractivity contribution < 1.29 is 27.5 Å². The molecule has 1 N–H and O–H groups in total. The molecule has 0 bridgehead atoms. The second-order valence-corrected chi connectivity index (χ2v) is 4.24. The number of alkyl halides is 3. The maximum absolute atomic E-state index is 13.1. The van der Waals surface area contributed by atoms with E-state index in [0.29, 0.717) is 6.54 Å². The quantitative estimate of drug-likeness (QED) is 0.668. The predicted octanol–water partition coefficient (Wildman–Crippen LogP) is 3.52. The number of ketones is 1. The third-order valence-electron chi connectivity index (χ3n) is 2.86. The lowest BCUT2D eigenvalue weighted by Gasteiger charge is -2.17. The molecule has 0 heterocycles. The van der Waals surface area contributed by atoms with Crippen LogP contribution in [-0.2, 0) is 10.9 Å². The third-order valence-corrected chi connectivity index (χ3v) is 2.86. The van der Waals surface area contributed by atoms with Gasteiger partial charge in [0.1, 0.15) is 0 Å². The Morgan fingerprint density at radius 2 is 1.81 bits per heavy atom. The SMILES string of the molecule is CCNc1cc(C(F)(F)F)c(C(=O)CC)cc1C(=O)OC. The van der Waals surface area contributed by atoms with Crippen molar-refractivity contribution in [1.29, 1.82) is 0 Å². The number of hydrogen-bond acceptors (Lipinski definition) is 4. The lowest BCUT2D eigenvalue weighted by molar-refractivity contribution is -0.137. The highest BCUT2D eigenvalue weighted by atomic mass is 19.4. The highest BCUT2D eigenvalue weighted by molar-refractivity contribution is 6.03. The van der Waals surface area contributed by atoms with Crippen LogP contribution in [0.2, 0.25) is 0 Å². The number of benzene rings is 1. The lowest BCUT2D eigenvalue weighted by atomic mass is 9.97. The van der Waals surface area contributed by atoms with Crippen molar-refractivity contribution in [2.45, 2.75) is 26.4 Å². The van der Waals surface area contributed by atoms with E-state index >= 15 is 0 Å². The Labute approximate surface area is 120 Å². The summed E-state index contributed by atoms with van der Waals surface area (Å²) in [5.74, 6) is -1.49. The molecule has 1 rings (SSSR count). The molecule has 0 saturated carbocycles. The van der Waals surface area contributed by atoms with Crippen molar-refractivity contribution in [3.05, 3.63) is 28.8 Å². The number of carbonyl (C=O) groups is 2. The number of anilines is 1. The normalized spacial score (nSPS) is 11.1. The van der Waals surface area contributed by atoms with E-state index in [1.807, 2.05) is 0 Å². The molecular formula is C14H16F3NO3. The molecule has 0 spiro atoms. The van der Waals surface area contributed by atoms with Gasteiger partial charge in [0.15, 0.2) is 5.78 Å². The number of esters is 1. The summed E-state index contributed by atoms with van der Waals surface area (Å²) in [4.78, 5) is 23.4. The van der Waals surface area contributed by atoms with Gasteiger partial charge in [-0.05, 0) is 19.1 Å². The molecule has 1 aromatic carbocycles. The third kappa shape index (κ3) is 3.74. The lowest BCUT2D eigenvalue weighted by Crippen LogP contribution is -2.17. The van der Waals surface area contributed by atoms with Crippen molar-refractivity contribution in [1.82, 2.24) is 0 Å². The average molecular weight is 303 g/mol. The van der Waals surface area contributed by atoms with Crippen molar-refractivity contribution in [3.63, 3.8) is 0 Å². The Kier molecular flexibility index (Phi) is 5.34. The molecule has 4 nitrogen and oxygen atoms in total. The predicted molar refractivity (Wildman–Crippen MR) is 71.6 cm³/mol. The highest BCUT2D eigenvalue weighted by Crippen LogP contribution is 2.36. The molecule has 0 saturated heterocycles. The molecule has 0 unspecified atom stereocenters. The summed E-state index contributed by atoms with van der Waals surface area (Å²) in [7, 11) is 1.12. The second kappa shape index (κ2) is 6.60. The van der Waals surface area contributed by atoms with Gasteiger partial charge in [-0.25, -0.2) is 4.79 Å². The molecular weight excluding hydrogens is 287 g/mol. The van der Waals surface area contributed by atoms with Gasteiger partial charge in [0.05, 0.1) is 18.2 Å². The van der Waals surface area contributed by atoms with Crippen LogP contribution in [0.1, 0.15) is 46.5 Å². The summed E-state index contributed by atoms with van der Waals surface area (Å²) >= 11 is 0. The van der Waals surface area contributed by atoms with Gasteiger partial charge in [-0.2, -0.15) is 13.2 Å². The summed E-state index contributed by atoms with van der Waals surface area (Å²) in [6.07, 6.45) is -4.77. The number of nitrogens with one attached hydrogen (secondary N) is 1. The summed E-state index contributed by atoms with van der Waals surface area (Å²) in [5.41, 5.74) is -1.68. The minimum absolute atomic E-state index is 0.00988. The average Bonchev–Trinajstić information content (AvgIpc) is 2.44. The molecule has 0 atom stereocenters. The molecule has 0 aromatic heterocycles. The molecule has 1 aromatic rings. The maximum Gasteiger partial charge on any atom is 0.417 e. The van der Waals surface area contributed by atoms with Gasteiger partial charge < -0.3 is 10.1 Å². The Balaban J connectivity index is 3.61. The number of rotatable bonds is 5. The summed E-state index contributed by atoms with van der Waals surface area (Å²) < 4.78 is 43.8. The number of hydrogen-bond donors (Lipinski definition) is 1. The first-order valence-corrected chi connectivity index (χ1v) is 6.36. The molecule has 0 radical (unpaired) electrons. The minimum atomic E-state index is -4.68. The Morgan fingerprint density at radius 3 is 2.24 bits per heavy atom. The Bertz CT molecular complexity index is 553. The number of Topliss-reactive ketones (excluding diaryl/α,β-unsaturated/α-hetero) is 1. The van der Waals surface area contributed by atoms with Gasteiger partial charge in [0, 0.05) is 24.2 Å². The summed E-state index contributed by atoms with van der Waals surface area (Å²) in [5, 5.41) is 2.68. The van der Waals surface area contributed by atoms with Crippen molar-refractivity contribution in [2.75, 3.05) is 19.0 Å². The zero-order valence-electron chi connectivity index (χ0n) is 11.9. The molecule has 116 valence electrons. The molecule has 0 aliphatic rings. The van der Waals surface area contributed by atoms with E-state index in [0.717, 1.165) is 19.2 Å². The van der Waals surface area contributed by atoms with E-state index in [4.69, 9.17) is 0 Å². The summed E-state index contributed by atoms with van der Waals surface area (Å²) in [6.45, 7) is 3.46. The largest absolute Gasteiger partial charge is 0.465 e. The smallest absolute Gasteiger partial charge is 0.417 e. The van der Waals surface area contributed by atoms with Gasteiger partial charge in [0.2, 0.25) is 0 Å². The van der Waals surface area contributed by atoms with Crippen LogP contribution in [0.15, 0.2) is 12.1 Å². The van der Waals surface area contributed by atoms with E-state index < -0.39 is 29.1 Å². The van der Waals surface area contributed by atoms with Crippen LogP contribution in [0.25, 0.3) is 0 Å². The van der Waals surface area contributed by atoms with Crippen molar-refractivity contribution in [2.24, 2.45) is 0 Å². The fourth-order valence-corrected chi connectivity index (χ4v) is 1.87. The van der Waals surface area contributed by atoms with Gasteiger partial charge in [0.25, 0.3) is 0 Å². The fraction of sp³-hybridized carbons (Fsp3) is 0.429. The van der Waals surface area contributed by atoms with Gasteiger partial charge in [-0.3, -0.25) is 4.79 Å². The number of halogens is 3. The minimum Gasteiger partial charge on any atom is -0.465 e. The van der Waals surface area contributed by atoms with Crippen LogP contribution in [-0.4, -0.2) is 25.4 Å². The Hall–Kier alpha value is -2.05. The van der Waals surface area contributed by atoms with E-state index in [9.17, 15) is 22.8 Å². The molecule has 0 fully saturated rings. The van der Waals surface area contributed by atoms with Crippen LogP contribution < -0.4 is 5.32 Å². The number of ether oxygens (including phenoxy) is 1. The van der Waals surface area contributed by atoms with E-state index in [1.54, 1.807) is 6.92 Å². The molecule has 7 heteroatoms. The first-order valence-electron chi connectivity index (χ1n) is 6.36. The molecule has 0 amide bonds. The monoisotopic (exact) mass is 303 g/mol. The fourth-order valence-electron chi connectivity index (χ4n) is 1.87. The van der Waals surface area contributed by atoms with Gasteiger partial charge in [-0.1, -0.05) is 6.92 Å². The summed E-state index contributed by atoms with van der Waals surface area (Å²) in [6, 6.07) is 1.72.